The molecule has 0 aliphatic carbocycles. The monoisotopic (exact) mass is 219 g/mol. The SMILES string of the molecule is Cn1cc(CN2C3CCC2CC(=O)C3)cn1. The molecular formula is C12H17N3O. The molecule has 1 aromatic heterocycles. The van der Waals surface area contributed by atoms with Gasteiger partial charge < -0.3 is 0 Å². The van der Waals surface area contributed by atoms with E-state index < -0.39 is 0 Å². The molecule has 2 fully saturated rings. The van der Waals surface area contributed by atoms with Gasteiger partial charge in [0.25, 0.3) is 0 Å². The van der Waals surface area contributed by atoms with Crippen molar-refractivity contribution in [2.45, 2.75) is 44.3 Å². The maximum absolute atomic E-state index is 11.5. The maximum atomic E-state index is 11.5. The summed E-state index contributed by atoms with van der Waals surface area (Å²) in [5, 5.41) is 4.19. The van der Waals surface area contributed by atoms with Gasteiger partial charge in [0.15, 0.2) is 0 Å². The minimum absolute atomic E-state index is 0.454. The predicted octanol–water partition coefficient (Wildman–Crippen LogP) is 1.12. The second-order valence-corrected chi connectivity index (χ2v) is 5.03. The second-order valence-electron chi connectivity index (χ2n) is 5.03. The topological polar surface area (TPSA) is 38.1 Å². The van der Waals surface area contributed by atoms with Crippen molar-refractivity contribution in [3.63, 3.8) is 0 Å². The summed E-state index contributed by atoms with van der Waals surface area (Å²) < 4.78 is 1.84. The van der Waals surface area contributed by atoms with Crippen LogP contribution in [0.3, 0.4) is 0 Å². The van der Waals surface area contributed by atoms with Crippen molar-refractivity contribution in [2.24, 2.45) is 7.05 Å². The molecule has 0 N–H and O–H groups in total. The van der Waals surface area contributed by atoms with Crippen LogP contribution in [0.2, 0.25) is 0 Å². The molecule has 86 valence electrons. The third kappa shape index (κ3) is 1.67. The summed E-state index contributed by atoms with van der Waals surface area (Å²) in [6.07, 6.45) is 7.90. The number of aryl methyl sites for hydroxylation is 1. The van der Waals surface area contributed by atoms with E-state index in [4.69, 9.17) is 0 Å². The summed E-state index contributed by atoms with van der Waals surface area (Å²) in [7, 11) is 1.94. The molecule has 2 saturated heterocycles. The summed E-state index contributed by atoms with van der Waals surface area (Å²) in [5.74, 6) is 0.454. The molecule has 16 heavy (non-hydrogen) atoms. The Hall–Kier alpha value is -1.16. The summed E-state index contributed by atoms with van der Waals surface area (Å²) in [4.78, 5) is 14.0. The Kier molecular flexibility index (Phi) is 2.32. The molecule has 3 rings (SSSR count). The van der Waals surface area contributed by atoms with Gasteiger partial charge in [-0.05, 0) is 12.8 Å². The largest absolute Gasteiger partial charge is 0.300 e. The van der Waals surface area contributed by atoms with Crippen LogP contribution >= 0.6 is 0 Å². The van der Waals surface area contributed by atoms with E-state index in [1.165, 1.54) is 18.4 Å². The number of hydrogen-bond acceptors (Lipinski definition) is 3. The molecule has 0 saturated carbocycles. The van der Waals surface area contributed by atoms with Gasteiger partial charge in [0, 0.05) is 50.3 Å². The van der Waals surface area contributed by atoms with E-state index in [1.54, 1.807) is 0 Å². The van der Waals surface area contributed by atoms with Gasteiger partial charge in [0.05, 0.1) is 6.20 Å². The van der Waals surface area contributed by atoms with E-state index in [2.05, 4.69) is 16.2 Å². The molecule has 0 aromatic carbocycles. The Morgan fingerprint density at radius 3 is 2.62 bits per heavy atom. The van der Waals surface area contributed by atoms with E-state index in [9.17, 15) is 4.79 Å². The van der Waals surface area contributed by atoms with Crippen molar-refractivity contribution in [1.29, 1.82) is 0 Å². The first kappa shape index (κ1) is 10.0. The quantitative estimate of drug-likeness (QED) is 0.748. The summed E-state index contributed by atoms with van der Waals surface area (Å²) in [6, 6.07) is 0.984. The molecule has 0 radical (unpaired) electrons. The lowest BCUT2D eigenvalue weighted by atomic mass is 10.0. The number of ketones is 1. The van der Waals surface area contributed by atoms with Crippen molar-refractivity contribution >= 4 is 5.78 Å². The normalized spacial score (nSPS) is 29.9. The molecule has 2 unspecified atom stereocenters. The molecule has 3 heterocycles. The van der Waals surface area contributed by atoms with Crippen LogP contribution < -0.4 is 0 Å². The molecule has 2 atom stereocenters. The van der Waals surface area contributed by atoms with Crippen LogP contribution in [-0.4, -0.2) is 32.5 Å². The first-order valence-electron chi connectivity index (χ1n) is 5.97. The molecule has 2 bridgehead atoms. The Morgan fingerprint density at radius 1 is 1.38 bits per heavy atom. The fraction of sp³-hybridized carbons (Fsp3) is 0.667. The van der Waals surface area contributed by atoms with Crippen LogP contribution in [0, 0.1) is 0 Å². The first-order chi connectivity index (χ1) is 7.72. The number of rotatable bonds is 2. The number of piperidine rings is 1. The van der Waals surface area contributed by atoms with Crippen LogP contribution in [-0.2, 0) is 18.4 Å². The molecule has 4 nitrogen and oxygen atoms in total. The number of carbonyl (C=O) groups is 1. The highest BCUT2D eigenvalue weighted by atomic mass is 16.1. The van der Waals surface area contributed by atoms with Gasteiger partial charge in [-0.15, -0.1) is 0 Å². The lowest BCUT2D eigenvalue weighted by Crippen LogP contribution is -2.42. The molecule has 0 amide bonds. The van der Waals surface area contributed by atoms with Crippen molar-refractivity contribution in [3.8, 4) is 0 Å². The predicted molar refractivity (Wildman–Crippen MR) is 59.8 cm³/mol. The van der Waals surface area contributed by atoms with Crippen molar-refractivity contribution < 1.29 is 4.79 Å². The zero-order valence-electron chi connectivity index (χ0n) is 9.59. The number of carbonyl (C=O) groups excluding carboxylic acids is 1. The van der Waals surface area contributed by atoms with E-state index in [0.717, 1.165) is 19.4 Å². The first-order valence-corrected chi connectivity index (χ1v) is 5.97. The van der Waals surface area contributed by atoms with Crippen LogP contribution in [0.25, 0.3) is 0 Å². The van der Waals surface area contributed by atoms with Crippen molar-refractivity contribution in [3.05, 3.63) is 18.0 Å². The number of aromatic nitrogens is 2. The van der Waals surface area contributed by atoms with Crippen LogP contribution in [0.15, 0.2) is 12.4 Å². The Labute approximate surface area is 95.2 Å². The molecule has 4 heteroatoms. The smallest absolute Gasteiger partial charge is 0.136 e. The van der Waals surface area contributed by atoms with Crippen LogP contribution in [0.1, 0.15) is 31.2 Å². The lowest BCUT2D eigenvalue weighted by Gasteiger charge is -2.33. The van der Waals surface area contributed by atoms with Gasteiger partial charge in [-0.2, -0.15) is 5.10 Å². The Morgan fingerprint density at radius 2 is 2.06 bits per heavy atom. The highest BCUT2D eigenvalue weighted by Crippen LogP contribution is 2.34. The summed E-state index contributed by atoms with van der Waals surface area (Å²) >= 11 is 0. The van der Waals surface area contributed by atoms with Gasteiger partial charge in [-0.3, -0.25) is 14.4 Å². The minimum Gasteiger partial charge on any atom is -0.300 e. The van der Waals surface area contributed by atoms with Gasteiger partial charge in [0.2, 0.25) is 0 Å². The lowest BCUT2D eigenvalue weighted by molar-refractivity contribution is -0.123. The third-order valence-electron chi connectivity index (χ3n) is 3.82. The third-order valence-corrected chi connectivity index (χ3v) is 3.82. The second kappa shape index (κ2) is 3.70. The highest BCUT2D eigenvalue weighted by Gasteiger charge is 2.39. The van der Waals surface area contributed by atoms with Crippen molar-refractivity contribution in [2.75, 3.05) is 0 Å². The molecule has 2 aliphatic rings. The summed E-state index contributed by atoms with van der Waals surface area (Å²) in [5.41, 5.74) is 1.26. The molecular weight excluding hydrogens is 202 g/mol. The van der Waals surface area contributed by atoms with Crippen LogP contribution in [0.5, 0.6) is 0 Å². The molecule has 1 aromatic rings. The number of nitrogens with zero attached hydrogens (tertiary/aromatic N) is 3. The van der Waals surface area contributed by atoms with E-state index in [0.29, 0.717) is 17.9 Å². The van der Waals surface area contributed by atoms with Crippen molar-refractivity contribution in [1.82, 2.24) is 14.7 Å². The maximum Gasteiger partial charge on any atom is 0.136 e. The number of fused-ring (bicyclic) bond motifs is 2. The number of hydrogen-bond donors (Lipinski definition) is 0. The van der Waals surface area contributed by atoms with E-state index in [1.807, 2.05) is 17.9 Å². The van der Waals surface area contributed by atoms with Gasteiger partial charge >= 0.3 is 0 Å². The molecule has 0 spiro atoms. The molecule has 2 aliphatic heterocycles. The van der Waals surface area contributed by atoms with Gasteiger partial charge in [-0.1, -0.05) is 0 Å². The fourth-order valence-electron chi connectivity index (χ4n) is 3.08. The van der Waals surface area contributed by atoms with E-state index in [-0.39, 0.29) is 0 Å². The highest BCUT2D eigenvalue weighted by molar-refractivity contribution is 5.80. The van der Waals surface area contributed by atoms with Gasteiger partial charge in [0.1, 0.15) is 5.78 Å². The zero-order chi connectivity index (χ0) is 11.1. The van der Waals surface area contributed by atoms with E-state index >= 15 is 0 Å². The average Bonchev–Trinajstić information content (AvgIpc) is 2.72. The minimum atomic E-state index is 0.454. The average molecular weight is 219 g/mol. The fourth-order valence-corrected chi connectivity index (χ4v) is 3.08. The van der Waals surface area contributed by atoms with Crippen LogP contribution in [0.4, 0.5) is 0 Å². The Bertz CT molecular complexity index is 396. The summed E-state index contributed by atoms with van der Waals surface area (Å²) in [6.45, 7) is 0.955. The number of Topliss-reactive ketones (excluding diaryl/α,β-unsaturated/α-hetero) is 1. The zero-order valence-corrected chi connectivity index (χ0v) is 9.59. The van der Waals surface area contributed by atoms with Gasteiger partial charge in [-0.25, -0.2) is 0 Å². The Balaban J connectivity index is 1.74. The standard InChI is InChI=1S/C12H17N3O/c1-14-7-9(6-13-14)8-15-10-2-3-11(15)5-12(16)4-10/h6-7,10-11H,2-5,8H2,1H3.